The molecule has 0 radical (unpaired) electrons. The van der Waals surface area contributed by atoms with Gasteiger partial charge >= 0.3 is 20.1 Å². The summed E-state index contributed by atoms with van der Waals surface area (Å²) in [6.07, 6.45) is -15.2. The molecule has 0 aliphatic rings. The summed E-state index contributed by atoms with van der Waals surface area (Å²) >= 11 is 0. The first-order valence-corrected chi connectivity index (χ1v) is 17.8. The van der Waals surface area contributed by atoms with Crippen molar-refractivity contribution in [3.8, 4) is 33.8 Å². The zero-order valence-corrected chi connectivity index (χ0v) is 32.6. The number of furan rings is 1. The minimum absolute atomic E-state index is 0. The smallest absolute Gasteiger partial charge is 0.500 e. The second kappa shape index (κ2) is 17.6. The van der Waals surface area contributed by atoms with E-state index < -0.39 is 79.2 Å². The molecule has 5 aromatic carbocycles. The zero-order valence-electron chi connectivity index (χ0n) is 46.2. The van der Waals surface area contributed by atoms with E-state index in [2.05, 4.69) is 33.2 Å². The van der Waals surface area contributed by atoms with Crippen LogP contribution in [0.1, 0.15) is 60.9 Å². The van der Waals surface area contributed by atoms with Gasteiger partial charge in [0.2, 0.25) is 0 Å². The number of rotatable bonds is 12. The Bertz CT molecular complexity index is 3400. The summed E-state index contributed by atoms with van der Waals surface area (Å²) < 4.78 is 164. The van der Waals surface area contributed by atoms with Crippen molar-refractivity contribution in [2.75, 3.05) is 0 Å². The zero-order chi connectivity index (χ0) is 52.7. The maximum Gasteiger partial charge on any atom is 3.00 e. The van der Waals surface area contributed by atoms with Crippen molar-refractivity contribution < 1.29 is 50.8 Å². The average molecular weight is 949 g/mol. The van der Waals surface area contributed by atoms with E-state index in [0.29, 0.717) is 27.9 Å². The summed E-state index contributed by atoms with van der Waals surface area (Å²) in [6.45, 7) is -2.87. The first-order valence-electron chi connectivity index (χ1n) is 25.8. The van der Waals surface area contributed by atoms with Gasteiger partial charge in [-0.3, -0.25) is 0 Å². The number of fused-ring (bicyclic) bond motifs is 3. The third kappa shape index (κ3) is 8.74. The predicted molar refractivity (Wildman–Crippen MR) is 226 cm³/mol. The van der Waals surface area contributed by atoms with Crippen molar-refractivity contribution in [3.05, 3.63) is 209 Å². The summed E-state index contributed by atoms with van der Waals surface area (Å²) in [6, 6.07) is 37.1. The number of halogens is 1. The second-order valence-electron chi connectivity index (χ2n) is 12.8. The third-order valence-corrected chi connectivity index (χ3v) is 8.94. The number of aryl methyl sites for hydroxylation is 7. The Hall–Kier alpha value is -6.07. The first-order chi connectivity index (χ1) is 34.2. The van der Waals surface area contributed by atoms with Gasteiger partial charge in [-0.1, -0.05) is 65.5 Å². The van der Waals surface area contributed by atoms with Crippen molar-refractivity contribution in [1.82, 2.24) is 15.0 Å². The van der Waals surface area contributed by atoms with Crippen molar-refractivity contribution in [1.29, 1.82) is 0 Å². The fourth-order valence-corrected chi connectivity index (χ4v) is 6.14. The van der Waals surface area contributed by atoms with Crippen LogP contribution >= 0.6 is 0 Å². The van der Waals surface area contributed by atoms with Gasteiger partial charge in [-0.25, -0.2) is 4.39 Å². The van der Waals surface area contributed by atoms with Crippen LogP contribution in [0.15, 0.2) is 150 Å². The Labute approximate surface area is 374 Å². The average Bonchev–Trinajstić information content (AvgIpc) is 3.76. The van der Waals surface area contributed by atoms with E-state index in [1.807, 2.05) is 0 Å². The maximum absolute atomic E-state index is 15.1. The molecule has 4 heterocycles. The number of aromatic nitrogens is 3. The van der Waals surface area contributed by atoms with Crippen LogP contribution in [0.4, 0.5) is 4.39 Å². The van der Waals surface area contributed by atoms with Crippen molar-refractivity contribution in [2.45, 2.75) is 45.1 Å². The third-order valence-electron chi connectivity index (χ3n) is 8.94. The molecule has 9 rings (SSSR count). The molecule has 0 saturated carbocycles. The molecule has 284 valence electrons. The van der Waals surface area contributed by atoms with Crippen molar-refractivity contribution in [3.63, 3.8) is 0 Å². The maximum atomic E-state index is 15.1. The van der Waals surface area contributed by atoms with Gasteiger partial charge in [0, 0.05) is 50.6 Å². The molecule has 0 fully saturated rings. The predicted octanol–water partition coefficient (Wildman–Crippen LogP) is 12.0. The molecule has 4 aromatic heterocycles. The van der Waals surface area contributed by atoms with Crippen molar-refractivity contribution in [2.24, 2.45) is 0 Å². The molecule has 0 amide bonds. The van der Waals surface area contributed by atoms with Gasteiger partial charge in [-0.15, -0.1) is 90.0 Å². The van der Waals surface area contributed by atoms with Gasteiger partial charge in [-0.05, 0) is 107 Å². The van der Waals surface area contributed by atoms with Crippen LogP contribution in [0.25, 0.3) is 55.7 Å². The van der Waals surface area contributed by atoms with Crippen LogP contribution in [-0.2, 0) is 58.3 Å². The normalized spacial score (nSPS) is 17.0. The first kappa shape index (κ1) is 24.0. The fourth-order valence-electron chi connectivity index (χ4n) is 6.14. The summed E-state index contributed by atoms with van der Waals surface area (Å²) in [5, 5.41) is 0.455. The topological polar surface area (TPSA) is 51.8 Å². The van der Waals surface area contributed by atoms with E-state index in [0.717, 1.165) is 42.9 Å². The quantitative estimate of drug-likeness (QED) is 0.115. The number of benzene rings is 5. The number of hydrogen-bond donors (Lipinski definition) is 0. The summed E-state index contributed by atoms with van der Waals surface area (Å²) in [5.74, 6) is -1.27. The van der Waals surface area contributed by atoms with Crippen molar-refractivity contribution >= 4 is 21.9 Å². The summed E-state index contributed by atoms with van der Waals surface area (Å²) in [7, 11) is 0. The summed E-state index contributed by atoms with van der Waals surface area (Å²) in [5.41, 5.74) is -1.33. The van der Waals surface area contributed by atoms with Crippen LogP contribution in [0.3, 0.4) is 0 Å². The molecule has 0 aliphatic carbocycles. The SMILES string of the molecule is [2H]c1c(F)c(C([2H])([2H])[2H])cc2c1oc1c(-c3ccc(C([2H])([2H])C([2H])([2H])c4cc(C([2H])([2H])C([2H])([2H])c5ccc(-c6[c-]cccc6)nc5)cc(C([2H])([2H])C([2H])([2H])c5ccc(-c6[c-]cccc6)nc5)c4)cn3)[c-]ccc12.[Ir+3]. The van der Waals surface area contributed by atoms with Crippen LogP contribution in [0.5, 0.6) is 0 Å². The molecule has 0 atom stereocenters. The van der Waals surface area contributed by atoms with Crippen LogP contribution < -0.4 is 0 Å². The Kier molecular flexibility index (Phi) is 7.28. The van der Waals surface area contributed by atoms with E-state index in [1.165, 1.54) is 48.5 Å². The van der Waals surface area contributed by atoms with Gasteiger partial charge in [0.1, 0.15) is 11.4 Å². The molecule has 0 saturated heterocycles. The molecule has 9 aromatic rings. The van der Waals surface area contributed by atoms with E-state index >= 15 is 4.39 Å². The molecule has 6 heteroatoms. The van der Waals surface area contributed by atoms with Crippen LogP contribution in [0, 0.1) is 30.9 Å². The molecular weight excluding hydrogens is 894 g/mol. The Morgan fingerprint density at radius 2 is 1.10 bits per heavy atom. The monoisotopic (exact) mass is 949 g/mol. The Morgan fingerprint density at radius 3 is 1.57 bits per heavy atom. The largest absolute Gasteiger partial charge is 3.00 e. The number of nitrogens with zero attached hydrogens (tertiary/aromatic N) is 3. The molecule has 0 aliphatic heterocycles. The van der Waals surface area contributed by atoms with Gasteiger partial charge < -0.3 is 19.4 Å². The molecule has 0 spiro atoms. The molecule has 0 bridgehead atoms. The molecule has 58 heavy (non-hydrogen) atoms. The van der Waals surface area contributed by atoms with E-state index in [-0.39, 0.29) is 64.6 Å². The van der Waals surface area contributed by atoms with Crippen LogP contribution in [0.2, 0.25) is 0 Å². The van der Waals surface area contributed by atoms with Gasteiger partial charge in [0.25, 0.3) is 0 Å². The Balaban J connectivity index is 0.00000729. The second-order valence-corrected chi connectivity index (χ2v) is 12.8. The van der Waals surface area contributed by atoms with E-state index in [1.54, 1.807) is 48.5 Å². The van der Waals surface area contributed by atoms with Gasteiger partial charge in [0.15, 0.2) is 0 Å². The Morgan fingerprint density at radius 1 is 0.586 bits per heavy atom. The van der Waals surface area contributed by atoms with Gasteiger partial charge in [-0.2, -0.15) is 0 Å². The number of hydrogen-bond acceptors (Lipinski definition) is 4. The standard InChI is InChI=1S/C52H39FN3O.Ir/c1-35-27-46-44-13-8-14-45(52(44)57-51(46)31-47(35)53)50-26-23-38(34-56-50)17-20-41-29-39(18-15-36-21-24-48(54-32-36)42-9-4-2-5-10-42)28-40(30-41)19-16-37-22-25-49(55-33-37)43-11-6-3-7-12-43;/h2-9,11,13,21-34H,15-20H2,1H3;/q-3;+3/i1D3,15D2,16D2,17D2,18D2,19D2,20D2,31D;. The van der Waals surface area contributed by atoms with Gasteiger partial charge in [0.05, 0.1) is 6.95 Å². The van der Waals surface area contributed by atoms with E-state index in [9.17, 15) is 16.4 Å². The molecule has 0 unspecified atom stereocenters. The van der Waals surface area contributed by atoms with Crippen LogP contribution in [-0.4, -0.2) is 15.0 Å². The molecular formula is C52H39FIrN3O. The minimum Gasteiger partial charge on any atom is -0.500 e. The fraction of sp³-hybridized carbons (Fsp3) is 0.135. The number of pyridine rings is 3. The van der Waals surface area contributed by atoms with E-state index in [4.69, 9.17) is 9.90 Å². The summed E-state index contributed by atoms with van der Waals surface area (Å²) in [4.78, 5) is 13.1. The molecule has 0 N–H and O–H groups in total. The molecule has 4 nitrogen and oxygen atoms in total. The minimum atomic E-state index is -3.21.